The van der Waals surface area contributed by atoms with Crippen molar-refractivity contribution in [2.45, 2.75) is 30.7 Å². The average Bonchev–Trinajstić information content (AvgIpc) is 2.99. The van der Waals surface area contributed by atoms with Crippen LogP contribution in [-0.2, 0) is 4.79 Å². The molecule has 1 aliphatic carbocycles. The number of aliphatic imine (C=N–C) groups is 1. The minimum absolute atomic E-state index is 0.0993. The van der Waals surface area contributed by atoms with Gasteiger partial charge in [0.05, 0.1) is 11.3 Å². The number of primary amides is 2. The Morgan fingerprint density at radius 2 is 1.79 bits per heavy atom. The standard InChI is InChI=1S/C20H18F2N4O2/c21-12-4-2-5-13(22)17(12)11-3-1-6-14-16(11)10-7-8-20(18(23)27,26-19(24)28)9-15(10)25-14/h1-6,10H,7-9H2,(H2,23,27)(H3,24,26,28). The summed E-state index contributed by atoms with van der Waals surface area (Å²) in [6.45, 7) is 0. The van der Waals surface area contributed by atoms with Crippen molar-refractivity contribution in [3.8, 4) is 11.1 Å². The highest BCUT2D eigenvalue weighted by atomic mass is 19.1. The van der Waals surface area contributed by atoms with Crippen molar-refractivity contribution in [1.29, 1.82) is 0 Å². The molecule has 28 heavy (non-hydrogen) atoms. The molecule has 6 nitrogen and oxygen atoms in total. The summed E-state index contributed by atoms with van der Waals surface area (Å²) in [4.78, 5) is 28.0. The van der Waals surface area contributed by atoms with E-state index >= 15 is 0 Å². The fraction of sp³-hybridized carbons (Fsp3) is 0.250. The maximum Gasteiger partial charge on any atom is 0.313 e. The first kappa shape index (κ1) is 18.1. The maximum absolute atomic E-state index is 14.4. The van der Waals surface area contributed by atoms with E-state index in [0.717, 1.165) is 5.56 Å². The fourth-order valence-corrected chi connectivity index (χ4v) is 4.27. The molecule has 0 spiro atoms. The topological polar surface area (TPSA) is 111 Å². The van der Waals surface area contributed by atoms with E-state index in [1.165, 1.54) is 18.2 Å². The van der Waals surface area contributed by atoms with Gasteiger partial charge >= 0.3 is 6.03 Å². The summed E-state index contributed by atoms with van der Waals surface area (Å²) in [5, 5.41) is 2.46. The van der Waals surface area contributed by atoms with Crippen molar-refractivity contribution in [1.82, 2.24) is 5.32 Å². The SMILES string of the molecule is NC(=O)NC1(C(N)=O)CCC2C(=Nc3cccc(-c4c(F)cccc4F)c32)C1. The van der Waals surface area contributed by atoms with Gasteiger partial charge in [-0.25, -0.2) is 13.6 Å². The molecule has 0 bridgehead atoms. The van der Waals surface area contributed by atoms with Crippen LogP contribution in [0.1, 0.15) is 30.7 Å². The number of amides is 3. The van der Waals surface area contributed by atoms with Gasteiger partial charge in [0, 0.05) is 18.1 Å². The van der Waals surface area contributed by atoms with E-state index < -0.39 is 29.1 Å². The van der Waals surface area contributed by atoms with Crippen LogP contribution < -0.4 is 16.8 Å². The molecule has 4 rings (SSSR count). The third-order valence-electron chi connectivity index (χ3n) is 5.51. The first-order valence-electron chi connectivity index (χ1n) is 8.85. The Kier molecular flexibility index (Phi) is 4.14. The van der Waals surface area contributed by atoms with Gasteiger partial charge in [0.15, 0.2) is 0 Å². The van der Waals surface area contributed by atoms with Gasteiger partial charge in [-0.3, -0.25) is 9.79 Å². The lowest BCUT2D eigenvalue weighted by molar-refractivity contribution is -0.124. The Morgan fingerprint density at radius 3 is 2.43 bits per heavy atom. The van der Waals surface area contributed by atoms with Crippen molar-refractivity contribution in [2.24, 2.45) is 16.5 Å². The Labute approximate surface area is 159 Å². The molecule has 3 amide bonds. The van der Waals surface area contributed by atoms with Crippen LogP contribution in [0.25, 0.3) is 11.1 Å². The smallest absolute Gasteiger partial charge is 0.313 e. The Bertz CT molecular complexity index is 1020. The van der Waals surface area contributed by atoms with Crippen molar-refractivity contribution < 1.29 is 18.4 Å². The van der Waals surface area contributed by atoms with Gasteiger partial charge in [-0.1, -0.05) is 18.2 Å². The van der Waals surface area contributed by atoms with E-state index in [-0.39, 0.29) is 24.3 Å². The number of nitrogens with zero attached hydrogens (tertiary/aromatic N) is 1. The second kappa shape index (κ2) is 6.40. The number of hydrogen-bond donors (Lipinski definition) is 3. The van der Waals surface area contributed by atoms with E-state index in [1.807, 2.05) is 0 Å². The number of nitrogens with two attached hydrogens (primary N) is 2. The van der Waals surface area contributed by atoms with E-state index in [1.54, 1.807) is 18.2 Å². The quantitative estimate of drug-likeness (QED) is 0.756. The summed E-state index contributed by atoms with van der Waals surface area (Å²) in [7, 11) is 0. The van der Waals surface area contributed by atoms with Crippen LogP contribution in [0, 0.1) is 11.6 Å². The maximum atomic E-state index is 14.4. The number of carbonyl (C=O) groups is 2. The first-order chi connectivity index (χ1) is 13.3. The zero-order valence-corrected chi connectivity index (χ0v) is 14.8. The molecule has 1 fully saturated rings. The van der Waals surface area contributed by atoms with Gasteiger partial charge < -0.3 is 16.8 Å². The number of urea groups is 1. The Morgan fingerprint density at radius 1 is 1.11 bits per heavy atom. The van der Waals surface area contributed by atoms with E-state index in [0.29, 0.717) is 23.4 Å². The predicted molar refractivity (Wildman–Crippen MR) is 100 cm³/mol. The van der Waals surface area contributed by atoms with Gasteiger partial charge in [-0.15, -0.1) is 0 Å². The van der Waals surface area contributed by atoms with Crippen LogP contribution in [-0.4, -0.2) is 23.2 Å². The van der Waals surface area contributed by atoms with Crippen LogP contribution >= 0.6 is 0 Å². The average molecular weight is 384 g/mol. The molecule has 5 N–H and O–H groups in total. The third-order valence-corrected chi connectivity index (χ3v) is 5.51. The summed E-state index contributed by atoms with van der Waals surface area (Å²) >= 11 is 0. The summed E-state index contributed by atoms with van der Waals surface area (Å²) in [6.07, 6.45) is 0.786. The normalized spacial score (nSPS) is 22.8. The summed E-state index contributed by atoms with van der Waals surface area (Å²) < 4.78 is 28.8. The Hall–Kier alpha value is -3.29. The highest BCUT2D eigenvalue weighted by Gasteiger charge is 2.47. The Balaban J connectivity index is 1.77. The van der Waals surface area contributed by atoms with E-state index in [2.05, 4.69) is 10.3 Å². The molecule has 0 saturated heterocycles. The van der Waals surface area contributed by atoms with E-state index in [4.69, 9.17) is 11.5 Å². The van der Waals surface area contributed by atoms with Gasteiger partial charge in [-0.05, 0) is 42.2 Å². The largest absolute Gasteiger partial charge is 0.368 e. The highest BCUT2D eigenvalue weighted by molar-refractivity contribution is 6.06. The first-order valence-corrected chi connectivity index (χ1v) is 8.85. The second-order valence-electron chi connectivity index (χ2n) is 7.14. The number of nitrogens with one attached hydrogen (secondary N) is 1. The molecule has 1 saturated carbocycles. The molecule has 2 atom stereocenters. The predicted octanol–water partition coefficient (Wildman–Crippen LogP) is 2.88. The molecule has 144 valence electrons. The molecule has 1 heterocycles. The molecular formula is C20H18F2N4O2. The number of carbonyl (C=O) groups excluding carboxylic acids is 2. The number of rotatable bonds is 3. The van der Waals surface area contributed by atoms with Crippen molar-refractivity contribution >= 4 is 23.3 Å². The van der Waals surface area contributed by atoms with Crippen LogP contribution in [0.5, 0.6) is 0 Å². The molecule has 8 heteroatoms. The fourth-order valence-electron chi connectivity index (χ4n) is 4.27. The number of halogens is 2. The van der Waals surface area contributed by atoms with Crippen LogP contribution in [0.2, 0.25) is 0 Å². The van der Waals surface area contributed by atoms with Crippen molar-refractivity contribution in [3.63, 3.8) is 0 Å². The number of fused-ring (bicyclic) bond motifs is 3. The zero-order valence-electron chi connectivity index (χ0n) is 14.8. The van der Waals surface area contributed by atoms with Crippen LogP contribution in [0.3, 0.4) is 0 Å². The lowest BCUT2D eigenvalue weighted by Gasteiger charge is -2.37. The van der Waals surface area contributed by atoms with Crippen LogP contribution in [0.15, 0.2) is 41.4 Å². The minimum Gasteiger partial charge on any atom is -0.368 e. The van der Waals surface area contributed by atoms with E-state index in [9.17, 15) is 18.4 Å². The van der Waals surface area contributed by atoms with Crippen molar-refractivity contribution in [3.05, 3.63) is 53.6 Å². The lowest BCUT2D eigenvalue weighted by atomic mass is 9.72. The molecule has 2 unspecified atom stereocenters. The summed E-state index contributed by atoms with van der Waals surface area (Å²) in [6, 6.07) is 8.00. The number of benzene rings is 2. The minimum atomic E-state index is -1.31. The van der Waals surface area contributed by atoms with Gasteiger partial charge in [0.25, 0.3) is 0 Å². The zero-order chi connectivity index (χ0) is 20.1. The molecule has 2 aromatic carbocycles. The highest BCUT2D eigenvalue weighted by Crippen LogP contribution is 2.49. The summed E-state index contributed by atoms with van der Waals surface area (Å²) in [5.74, 6) is -2.21. The van der Waals surface area contributed by atoms with Gasteiger partial charge in [-0.2, -0.15) is 0 Å². The molecule has 0 aromatic heterocycles. The summed E-state index contributed by atoms with van der Waals surface area (Å²) in [5.41, 5.74) is 11.7. The number of hydrogen-bond acceptors (Lipinski definition) is 3. The molecule has 1 aliphatic heterocycles. The molecule has 0 radical (unpaired) electrons. The third kappa shape index (κ3) is 2.72. The van der Waals surface area contributed by atoms with Gasteiger partial charge in [0.1, 0.15) is 17.2 Å². The molecular weight excluding hydrogens is 366 g/mol. The second-order valence-corrected chi connectivity index (χ2v) is 7.14. The van der Waals surface area contributed by atoms with Crippen molar-refractivity contribution in [2.75, 3.05) is 0 Å². The van der Waals surface area contributed by atoms with Crippen LogP contribution in [0.4, 0.5) is 19.3 Å². The van der Waals surface area contributed by atoms with Gasteiger partial charge in [0.2, 0.25) is 5.91 Å². The monoisotopic (exact) mass is 384 g/mol. The molecule has 2 aromatic rings. The lowest BCUT2D eigenvalue weighted by Crippen LogP contribution is -2.61. The molecule has 2 aliphatic rings.